The van der Waals surface area contributed by atoms with Crippen LogP contribution in [0.4, 0.5) is 0 Å². The summed E-state index contributed by atoms with van der Waals surface area (Å²) in [5, 5.41) is 3.56. The van der Waals surface area contributed by atoms with Gasteiger partial charge in [0.25, 0.3) is 0 Å². The van der Waals surface area contributed by atoms with E-state index in [1.165, 1.54) is 11.1 Å². The molecule has 0 aliphatic carbocycles. The van der Waals surface area contributed by atoms with E-state index in [0.29, 0.717) is 6.04 Å². The summed E-state index contributed by atoms with van der Waals surface area (Å²) in [6.07, 6.45) is 5.35. The molecule has 0 fully saturated rings. The van der Waals surface area contributed by atoms with Crippen LogP contribution in [0.2, 0.25) is 0 Å². The van der Waals surface area contributed by atoms with Gasteiger partial charge in [0.1, 0.15) is 0 Å². The summed E-state index contributed by atoms with van der Waals surface area (Å²) in [6.45, 7) is 9.17. The van der Waals surface area contributed by atoms with Crippen molar-refractivity contribution < 1.29 is 0 Å². The Balaban J connectivity index is 2.44. The van der Waals surface area contributed by atoms with E-state index in [1.807, 2.05) is 6.08 Å². The van der Waals surface area contributed by atoms with Gasteiger partial charge in [-0.3, -0.25) is 0 Å². The van der Waals surface area contributed by atoms with Gasteiger partial charge in [-0.05, 0) is 37.3 Å². The molecule has 1 heteroatoms. The minimum atomic E-state index is 0.558. The number of hydrogen-bond acceptors (Lipinski definition) is 1. The second-order valence-corrected chi connectivity index (χ2v) is 4.27. The Kier molecular flexibility index (Phi) is 5.87. The van der Waals surface area contributed by atoms with Crippen LogP contribution in [0.15, 0.2) is 36.9 Å². The molecule has 0 saturated carbocycles. The largest absolute Gasteiger partial charge is 0.310 e. The Morgan fingerprint density at radius 1 is 1.31 bits per heavy atom. The van der Waals surface area contributed by atoms with Crippen molar-refractivity contribution in [1.82, 2.24) is 5.32 Å². The summed E-state index contributed by atoms with van der Waals surface area (Å²) in [5.41, 5.74) is 2.88. The molecule has 0 bridgehead atoms. The lowest BCUT2D eigenvalue weighted by molar-refractivity contribution is 0.517. The summed E-state index contributed by atoms with van der Waals surface area (Å²) in [5.74, 6) is 0. The van der Waals surface area contributed by atoms with Gasteiger partial charge in [0.15, 0.2) is 0 Å². The summed E-state index contributed by atoms with van der Waals surface area (Å²) in [4.78, 5) is 0. The summed E-state index contributed by atoms with van der Waals surface area (Å²) in [6, 6.07) is 9.22. The molecule has 0 aliphatic rings. The molecule has 16 heavy (non-hydrogen) atoms. The molecule has 1 N–H and O–H groups in total. The van der Waals surface area contributed by atoms with Crippen LogP contribution >= 0.6 is 0 Å². The Labute approximate surface area is 99.6 Å². The number of hydrogen-bond donors (Lipinski definition) is 1. The fraction of sp³-hybridized carbons (Fsp3) is 0.467. The Morgan fingerprint density at radius 2 is 2.00 bits per heavy atom. The highest BCUT2D eigenvalue weighted by atomic mass is 14.9. The van der Waals surface area contributed by atoms with E-state index < -0.39 is 0 Å². The zero-order valence-corrected chi connectivity index (χ0v) is 10.5. The lowest BCUT2D eigenvalue weighted by Crippen LogP contribution is -2.25. The minimum absolute atomic E-state index is 0.558. The highest BCUT2D eigenvalue weighted by Gasteiger charge is 2.02. The van der Waals surface area contributed by atoms with Crippen LogP contribution in [0.5, 0.6) is 0 Å². The zero-order valence-electron chi connectivity index (χ0n) is 10.5. The Hall–Kier alpha value is -1.08. The van der Waals surface area contributed by atoms with E-state index >= 15 is 0 Å². The van der Waals surface area contributed by atoms with Crippen molar-refractivity contribution in [3.8, 4) is 0 Å². The second-order valence-electron chi connectivity index (χ2n) is 4.27. The maximum atomic E-state index is 3.75. The Morgan fingerprint density at radius 3 is 2.62 bits per heavy atom. The molecule has 88 valence electrons. The number of benzene rings is 1. The average Bonchev–Trinajstić information content (AvgIpc) is 2.34. The van der Waals surface area contributed by atoms with Gasteiger partial charge in [0, 0.05) is 12.6 Å². The fourth-order valence-electron chi connectivity index (χ4n) is 1.83. The molecule has 0 aliphatic heterocycles. The maximum absolute atomic E-state index is 3.75. The van der Waals surface area contributed by atoms with Gasteiger partial charge in [-0.15, -0.1) is 6.58 Å². The molecule has 0 spiro atoms. The monoisotopic (exact) mass is 217 g/mol. The normalized spacial score (nSPS) is 12.4. The van der Waals surface area contributed by atoms with Gasteiger partial charge in [-0.1, -0.05) is 37.3 Å². The summed E-state index contributed by atoms with van der Waals surface area (Å²) < 4.78 is 0. The van der Waals surface area contributed by atoms with Crippen molar-refractivity contribution in [1.29, 1.82) is 0 Å². The third-order valence-corrected chi connectivity index (χ3v) is 2.94. The van der Waals surface area contributed by atoms with E-state index in [0.717, 1.165) is 25.8 Å². The Bertz CT molecular complexity index is 317. The first-order valence-electron chi connectivity index (χ1n) is 6.19. The predicted octanol–water partition coefficient (Wildman–Crippen LogP) is 3.69. The number of allylic oxidation sites excluding steroid dienone is 1. The van der Waals surface area contributed by atoms with Gasteiger partial charge in [-0.25, -0.2) is 0 Å². The molecule has 0 amide bonds. The third kappa shape index (κ3) is 4.19. The van der Waals surface area contributed by atoms with Crippen molar-refractivity contribution >= 4 is 0 Å². The first-order valence-corrected chi connectivity index (χ1v) is 6.19. The van der Waals surface area contributed by atoms with Crippen molar-refractivity contribution in [2.75, 3.05) is 0 Å². The molecule has 0 saturated heterocycles. The summed E-state index contributed by atoms with van der Waals surface area (Å²) >= 11 is 0. The lowest BCUT2D eigenvalue weighted by atomic mass is 10.0. The molecule has 1 nitrogen and oxygen atoms in total. The van der Waals surface area contributed by atoms with Crippen LogP contribution in [0.3, 0.4) is 0 Å². The SMILES string of the molecule is C=CCCC(C)NCc1ccccc1CC. The van der Waals surface area contributed by atoms with Crippen LogP contribution in [-0.4, -0.2) is 6.04 Å². The molecular formula is C15H23N. The lowest BCUT2D eigenvalue weighted by Gasteiger charge is -2.14. The van der Waals surface area contributed by atoms with Gasteiger partial charge >= 0.3 is 0 Å². The van der Waals surface area contributed by atoms with Gasteiger partial charge in [-0.2, -0.15) is 0 Å². The predicted molar refractivity (Wildman–Crippen MR) is 71.6 cm³/mol. The minimum Gasteiger partial charge on any atom is -0.310 e. The van der Waals surface area contributed by atoms with Gasteiger partial charge in [0.05, 0.1) is 0 Å². The van der Waals surface area contributed by atoms with E-state index in [1.54, 1.807) is 0 Å². The van der Waals surface area contributed by atoms with Crippen LogP contribution < -0.4 is 5.32 Å². The maximum Gasteiger partial charge on any atom is 0.0210 e. The molecular weight excluding hydrogens is 194 g/mol. The first-order chi connectivity index (χ1) is 7.77. The highest BCUT2D eigenvalue weighted by Crippen LogP contribution is 2.09. The molecule has 1 aromatic rings. The van der Waals surface area contributed by atoms with Crippen LogP contribution in [0.1, 0.15) is 37.8 Å². The van der Waals surface area contributed by atoms with Crippen molar-refractivity contribution in [3.63, 3.8) is 0 Å². The van der Waals surface area contributed by atoms with Crippen LogP contribution in [0.25, 0.3) is 0 Å². The number of aryl methyl sites for hydroxylation is 1. The smallest absolute Gasteiger partial charge is 0.0210 e. The molecule has 0 aromatic heterocycles. The van der Waals surface area contributed by atoms with Crippen molar-refractivity contribution in [2.24, 2.45) is 0 Å². The standard InChI is InChI=1S/C15H23N/c1-4-6-9-13(3)16-12-15-11-8-7-10-14(15)5-2/h4,7-8,10-11,13,16H,1,5-6,9,12H2,2-3H3. The number of rotatable bonds is 7. The molecule has 1 aromatic carbocycles. The van der Waals surface area contributed by atoms with Crippen LogP contribution in [0, 0.1) is 0 Å². The zero-order chi connectivity index (χ0) is 11.8. The van der Waals surface area contributed by atoms with Crippen LogP contribution in [-0.2, 0) is 13.0 Å². The van der Waals surface area contributed by atoms with E-state index in [4.69, 9.17) is 0 Å². The average molecular weight is 217 g/mol. The summed E-state index contributed by atoms with van der Waals surface area (Å²) in [7, 11) is 0. The third-order valence-electron chi connectivity index (χ3n) is 2.94. The molecule has 1 unspecified atom stereocenters. The van der Waals surface area contributed by atoms with E-state index in [2.05, 4.69) is 50.0 Å². The quantitative estimate of drug-likeness (QED) is 0.687. The topological polar surface area (TPSA) is 12.0 Å². The molecule has 0 radical (unpaired) electrons. The van der Waals surface area contributed by atoms with Gasteiger partial charge in [0.2, 0.25) is 0 Å². The van der Waals surface area contributed by atoms with Crippen molar-refractivity contribution in [3.05, 3.63) is 48.0 Å². The molecule has 1 rings (SSSR count). The molecule has 0 heterocycles. The highest BCUT2D eigenvalue weighted by molar-refractivity contribution is 5.26. The fourth-order valence-corrected chi connectivity index (χ4v) is 1.83. The molecule has 1 atom stereocenters. The van der Waals surface area contributed by atoms with E-state index in [-0.39, 0.29) is 0 Å². The number of nitrogens with one attached hydrogen (secondary N) is 1. The second kappa shape index (κ2) is 7.24. The van der Waals surface area contributed by atoms with Gasteiger partial charge < -0.3 is 5.32 Å². The first kappa shape index (κ1) is 13.0. The van der Waals surface area contributed by atoms with Crippen molar-refractivity contribution in [2.45, 2.75) is 45.7 Å². The van der Waals surface area contributed by atoms with E-state index in [9.17, 15) is 0 Å².